The average molecular weight is 300 g/mol. The van der Waals surface area contributed by atoms with Gasteiger partial charge in [-0.1, -0.05) is 17.7 Å². The maximum absolute atomic E-state index is 12.2. The number of hydrogen-bond acceptors (Lipinski definition) is 5. The molecule has 0 aromatic carbocycles. The molecule has 4 bridgehead atoms. The van der Waals surface area contributed by atoms with Gasteiger partial charge < -0.3 is 9.47 Å². The van der Waals surface area contributed by atoms with Crippen molar-refractivity contribution in [2.75, 3.05) is 14.2 Å². The van der Waals surface area contributed by atoms with Crippen LogP contribution in [0.25, 0.3) is 0 Å². The minimum absolute atomic E-state index is 0.0707. The summed E-state index contributed by atoms with van der Waals surface area (Å²) in [6.45, 7) is 0. The summed E-state index contributed by atoms with van der Waals surface area (Å²) in [6, 6.07) is 0. The average Bonchev–Trinajstić information content (AvgIpc) is 3.11. The van der Waals surface area contributed by atoms with Crippen LogP contribution in [0.3, 0.4) is 0 Å². The number of fused-ring (bicyclic) bond motifs is 3. The summed E-state index contributed by atoms with van der Waals surface area (Å²) in [5.41, 5.74) is 3.05. The summed E-state index contributed by atoms with van der Waals surface area (Å²) in [6.07, 6.45) is 5.20. The lowest BCUT2D eigenvalue weighted by atomic mass is 9.65. The predicted molar refractivity (Wildman–Crippen MR) is 75.4 cm³/mol. The quantitative estimate of drug-likeness (QED) is 0.569. The van der Waals surface area contributed by atoms with Gasteiger partial charge in [-0.15, -0.1) is 0 Å². The number of ketones is 1. The van der Waals surface area contributed by atoms with Gasteiger partial charge in [0.25, 0.3) is 0 Å². The van der Waals surface area contributed by atoms with Crippen LogP contribution in [0.1, 0.15) is 12.8 Å². The highest BCUT2D eigenvalue weighted by Gasteiger charge is 2.56. The summed E-state index contributed by atoms with van der Waals surface area (Å²) in [5, 5.41) is 0. The highest BCUT2D eigenvalue weighted by atomic mass is 16.5. The number of carbonyl (C=O) groups excluding carboxylic acids is 3. The van der Waals surface area contributed by atoms with E-state index in [4.69, 9.17) is 9.47 Å². The lowest BCUT2D eigenvalue weighted by molar-refractivity contribution is -0.139. The maximum atomic E-state index is 12.2. The molecule has 0 saturated heterocycles. The fourth-order valence-corrected chi connectivity index (χ4v) is 4.66. The fraction of sp³-hybridized carbons (Fsp3) is 0.471. The lowest BCUT2D eigenvalue weighted by Crippen LogP contribution is -2.35. The summed E-state index contributed by atoms with van der Waals surface area (Å²) < 4.78 is 9.75. The Labute approximate surface area is 127 Å². The molecule has 0 unspecified atom stereocenters. The molecule has 5 aliphatic carbocycles. The van der Waals surface area contributed by atoms with Gasteiger partial charge in [-0.3, -0.25) is 4.79 Å². The van der Waals surface area contributed by atoms with Gasteiger partial charge in [-0.2, -0.15) is 0 Å². The van der Waals surface area contributed by atoms with Crippen molar-refractivity contribution in [3.05, 3.63) is 34.4 Å². The van der Waals surface area contributed by atoms with Gasteiger partial charge in [0.1, 0.15) is 5.78 Å². The zero-order valence-electron chi connectivity index (χ0n) is 12.4. The van der Waals surface area contributed by atoms with Crippen molar-refractivity contribution < 1.29 is 23.9 Å². The highest BCUT2D eigenvalue weighted by Crippen LogP contribution is 2.60. The summed E-state index contributed by atoms with van der Waals surface area (Å²) >= 11 is 0. The molecule has 5 aliphatic rings. The van der Waals surface area contributed by atoms with Crippen LogP contribution in [0.4, 0.5) is 0 Å². The zero-order chi connectivity index (χ0) is 15.6. The number of rotatable bonds is 2. The summed E-state index contributed by atoms with van der Waals surface area (Å²) in [7, 11) is 2.63. The maximum Gasteiger partial charge on any atom is 0.334 e. The summed E-state index contributed by atoms with van der Waals surface area (Å²) in [4.78, 5) is 36.6. The molecule has 4 atom stereocenters. The fourth-order valence-electron chi connectivity index (χ4n) is 4.66. The van der Waals surface area contributed by atoms with Crippen molar-refractivity contribution >= 4 is 17.7 Å². The molecule has 0 radical (unpaired) electrons. The van der Waals surface area contributed by atoms with E-state index in [2.05, 4.69) is 6.08 Å². The Morgan fingerprint density at radius 3 is 2.14 bits per heavy atom. The molecule has 0 N–H and O–H groups in total. The van der Waals surface area contributed by atoms with E-state index < -0.39 is 11.9 Å². The largest absolute Gasteiger partial charge is 0.466 e. The first-order valence-electron chi connectivity index (χ1n) is 7.44. The van der Waals surface area contributed by atoms with E-state index in [1.54, 1.807) is 0 Å². The third kappa shape index (κ3) is 1.46. The molecular formula is C17H16O5. The number of carbonyl (C=O) groups is 3. The number of Topliss-reactive ketones (excluding diaryl/α,β-unsaturated/α-hetero) is 1. The molecule has 0 aromatic heterocycles. The molecular weight excluding hydrogens is 284 g/mol. The number of hydrogen-bond donors (Lipinski definition) is 0. The molecule has 0 aromatic rings. The minimum atomic E-state index is -0.489. The molecule has 22 heavy (non-hydrogen) atoms. The van der Waals surface area contributed by atoms with Crippen LogP contribution in [-0.2, 0) is 23.9 Å². The molecule has 5 heteroatoms. The van der Waals surface area contributed by atoms with Crippen molar-refractivity contribution in [1.82, 2.24) is 0 Å². The lowest BCUT2D eigenvalue weighted by Gasteiger charge is -2.38. The molecule has 0 heterocycles. The Hall–Kier alpha value is -2.17. The Morgan fingerprint density at radius 2 is 1.59 bits per heavy atom. The predicted octanol–water partition coefficient (Wildman–Crippen LogP) is 1.35. The number of esters is 2. The Balaban J connectivity index is 1.85. The summed E-state index contributed by atoms with van der Waals surface area (Å²) in [5.74, 6) is -1.18. The van der Waals surface area contributed by atoms with Crippen molar-refractivity contribution in [2.24, 2.45) is 23.7 Å². The molecule has 0 saturated carbocycles. The van der Waals surface area contributed by atoms with E-state index in [-0.39, 0.29) is 29.5 Å². The van der Waals surface area contributed by atoms with Crippen molar-refractivity contribution in [1.29, 1.82) is 0 Å². The normalized spacial score (nSPS) is 34.4. The number of methoxy groups -OCH3 is 2. The van der Waals surface area contributed by atoms with Gasteiger partial charge >= 0.3 is 11.9 Å². The Morgan fingerprint density at radius 1 is 1.00 bits per heavy atom. The van der Waals surface area contributed by atoms with E-state index >= 15 is 0 Å². The smallest absolute Gasteiger partial charge is 0.334 e. The second kappa shape index (κ2) is 4.41. The highest BCUT2D eigenvalue weighted by molar-refractivity contribution is 6.05. The molecule has 114 valence electrons. The second-order valence-corrected chi connectivity index (χ2v) is 6.20. The first-order valence-corrected chi connectivity index (χ1v) is 7.44. The first kappa shape index (κ1) is 13.5. The van der Waals surface area contributed by atoms with E-state index in [9.17, 15) is 14.4 Å². The molecule has 5 rings (SSSR count). The van der Waals surface area contributed by atoms with Gasteiger partial charge in [0.15, 0.2) is 0 Å². The molecule has 0 spiro atoms. The van der Waals surface area contributed by atoms with E-state index in [0.29, 0.717) is 24.0 Å². The van der Waals surface area contributed by atoms with Gasteiger partial charge in [0, 0.05) is 24.2 Å². The SMILES string of the molecule is COC(=O)C1=C(C(=O)OC)[C@@H]2C[C@H]1C1=C2[C@@H]2C=C[C@H]1CC2=O. The van der Waals surface area contributed by atoms with E-state index in [1.807, 2.05) is 6.08 Å². The first-order chi connectivity index (χ1) is 10.6. The van der Waals surface area contributed by atoms with Gasteiger partial charge in [-0.25, -0.2) is 9.59 Å². The molecule has 0 fully saturated rings. The van der Waals surface area contributed by atoms with Gasteiger partial charge in [0.2, 0.25) is 0 Å². The topological polar surface area (TPSA) is 69.7 Å². The van der Waals surface area contributed by atoms with Crippen LogP contribution in [0.5, 0.6) is 0 Å². The number of ether oxygens (including phenoxy) is 2. The van der Waals surface area contributed by atoms with Crippen LogP contribution >= 0.6 is 0 Å². The Bertz CT molecular complexity index is 709. The van der Waals surface area contributed by atoms with Crippen molar-refractivity contribution in [3.8, 4) is 0 Å². The Kier molecular flexibility index (Phi) is 2.71. The van der Waals surface area contributed by atoms with Crippen LogP contribution in [0.15, 0.2) is 34.4 Å². The minimum Gasteiger partial charge on any atom is -0.466 e. The van der Waals surface area contributed by atoms with E-state index in [0.717, 1.165) is 5.57 Å². The molecule has 0 aliphatic heterocycles. The van der Waals surface area contributed by atoms with E-state index in [1.165, 1.54) is 19.8 Å². The standard InChI is InChI=1S/C17H16O5/c1-21-16(19)14-9-6-10(15(14)17(20)22-2)13-8-4-3-7(12(9)13)5-11(8)18/h3-4,7-10H,5-6H2,1-2H3/t7-,8+,9-,10+/m0/s1. The third-order valence-electron chi connectivity index (χ3n) is 5.39. The van der Waals surface area contributed by atoms with Crippen LogP contribution in [-0.4, -0.2) is 31.9 Å². The number of allylic oxidation sites excluding steroid dienone is 4. The monoisotopic (exact) mass is 300 g/mol. The van der Waals surface area contributed by atoms with Crippen molar-refractivity contribution in [3.63, 3.8) is 0 Å². The van der Waals surface area contributed by atoms with Crippen LogP contribution in [0, 0.1) is 23.7 Å². The third-order valence-corrected chi connectivity index (χ3v) is 5.39. The van der Waals surface area contributed by atoms with Gasteiger partial charge in [0.05, 0.1) is 31.3 Å². The molecule has 0 amide bonds. The van der Waals surface area contributed by atoms with Crippen LogP contribution < -0.4 is 0 Å². The van der Waals surface area contributed by atoms with Gasteiger partial charge in [-0.05, 0) is 12.0 Å². The second-order valence-electron chi connectivity index (χ2n) is 6.20. The van der Waals surface area contributed by atoms with Crippen molar-refractivity contribution in [2.45, 2.75) is 12.8 Å². The molecule has 5 nitrogen and oxygen atoms in total. The van der Waals surface area contributed by atoms with Crippen LogP contribution in [0.2, 0.25) is 0 Å². The zero-order valence-corrected chi connectivity index (χ0v) is 12.4.